The van der Waals surface area contributed by atoms with Gasteiger partial charge in [-0.1, -0.05) is 48.0 Å². The van der Waals surface area contributed by atoms with Crippen LogP contribution in [0, 0.1) is 6.92 Å². The number of aromatic nitrogens is 1. The second kappa shape index (κ2) is 10.2. The SMILES string of the molecule is Cc1ccc(S(=O)(=O)N2CCC(c3nc(C(=O)N(C)C(C)c4ccccc4)cs3)CC2)cc1Cl. The summed E-state index contributed by atoms with van der Waals surface area (Å²) < 4.78 is 27.6. The highest BCUT2D eigenvalue weighted by Gasteiger charge is 2.32. The first-order valence-electron chi connectivity index (χ1n) is 11.2. The summed E-state index contributed by atoms with van der Waals surface area (Å²) in [4.78, 5) is 19.6. The summed E-state index contributed by atoms with van der Waals surface area (Å²) in [6.07, 6.45) is 1.33. The molecule has 0 bridgehead atoms. The standard InChI is InChI=1S/C25H28ClN3O3S2/c1-17-9-10-21(15-22(17)26)34(31,32)29-13-11-20(12-14-29)24-27-23(16-33-24)25(30)28(3)18(2)19-7-5-4-6-8-19/h4-10,15-16,18,20H,11-14H2,1-3H3. The molecule has 1 aliphatic heterocycles. The first kappa shape index (κ1) is 24.9. The van der Waals surface area contributed by atoms with Gasteiger partial charge in [0.05, 0.1) is 15.9 Å². The van der Waals surface area contributed by atoms with Crippen LogP contribution in [0.25, 0.3) is 0 Å². The summed E-state index contributed by atoms with van der Waals surface area (Å²) in [5, 5.41) is 3.14. The quantitative estimate of drug-likeness (QED) is 0.432. The van der Waals surface area contributed by atoms with E-state index in [4.69, 9.17) is 11.6 Å². The van der Waals surface area contributed by atoms with E-state index >= 15 is 0 Å². The molecular formula is C25H28ClN3O3S2. The summed E-state index contributed by atoms with van der Waals surface area (Å²) in [5.41, 5.74) is 2.35. The zero-order valence-electron chi connectivity index (χ0n) is 19.4. The van der Waals surface area contributed by atoms with Gasteiger partial charge in [0.2, 0.25) is 10.0 Å². The Balaban J connectivity index is 1.40. The number of hydrogen-bond acceptors (Lipinski definition) is 5. The minimum absolute atomic E-state index is 0.0671. The van der Waals surface area contributed by atoms with Gasteiger partial charge >= 0.3 is 0 Å². The lowest BCUT2D eigenvalue weighted by atomic mass is 9.99. The molecule has 1 aliphatic rings. The van der Waals surface area contributed by atoms with E-state index in [2.05, 4.69) is 4.98 Å². The van der Waals surface area contributed by atoms with Crippen LogP contribution in [-0.4, -0.2) is 48.7 Å². The molecule has 180 valence electrons. The van der Waals surface area contributed by atoms with Gasteiger partial charge in [-0.2, -0.15) is 4.31 Å². The van der Waals surface area contributed by atoms with Crippen LogP contribution in [0.1, 0.15) is 58.3 Å². The number of thiazole rings is 1. The van der Waals surface area contributed by atoms with Gasteiger partial charge in [-0.25, -0.2) is 13.4 Å². The van der Waals surface area contributed by atoms with Crippen LogP contribution in [0.3, 0.4) is 0 Å². The lowest BCUT2D eigenvalue weighted by molar-refractivity contribution is 0.0737. The number of halogens is 1. The predicted molar refractivity (Wildman–Crippen MR) is 136 cm³/mol. The van der Waals surface area contributed by atoms with Gasteiger partial charge in [0.1, 0.15) is 5.69 Å². The fraction of sp³-hybridized carbons (Fsp3) is 0.360. The lowest BCUT2D eigenvalue weighted by Crippen LogP contribution is -2.37. The molecule has 4 rings (SSSR count). The molecule has 0 saturated carbocycles. The van der Waals surface area contributed by atoms with Crippen molar-refractivity contribution >= 4 is 38.9 Å². The maximum atomic E-state index is 13.0. The largest absolute Gasteiger partial charge is 0.334 e. The number of rotatable bonds is 6. The van der Waals surface area contributed by atoms with Gasteiger partial charge in [0.15, 0.2) is 0 Å². The van der Waals surface area contributed by atoms with Gasteiger partial charge in [0, 0.05) is 36.5 Å². The van der Waals surface area contributed by atoms with Crippen LogP contribution < -0.4 is 0 Å². The van der Waals surface area contributed by atoms with Crippen molar-refractivity contribution in [2.45, 2.75) is 43.5 Å². The monoisotopic (exact) mass is 517 g/mol. The third kappa shape index (κ3) is 5.05. The molecule has 9 heteroatoms. The number of nitrogens with zero attached hydrogens (tertiary/aromatic N) is 3. The Kier molecular flexibility index (Phi) is 7.42. The fourth-order valence-electron chi connectivity index (χ4n) is 4.11. The normalized spacial score (nSPS) is 16.4. The van der Waals surface area contributed by atoms with Crippen molar-refractivity contribution in [1.82, 2.24) is 14.2 Å². The molecule has 3 aromatic rings. The van der Waals surface area contributed by atoms with Crippen molar-refractivity contribution in [3.63, 3.8) is 0 Å². The van der Waals surface area contributed by atoms with Crippen LogP contribution in [-0.2, 0) is 10.0 Å². The second-order valence-electron chi connectivity index (χ2n) is 8.66. The van der Waals surface area contributed by atoms with Crippen molar-refractivity contribution in [3.8, 4) is 0 Å². The number of carbonyl (C=O) groups is 1. The van der Waals surface area contributed by atoms with E-state index in [0.717, 1.165) is 16.1 Å². The van der Waals surface area contributed by atoms with Crippen molar-refractivity contribution in [2.75, 3.05) is 20.1 Å². The summed E-state index contributed by atoms with van der Waals surface area (Å²) in [7, 11) is -1.80. The Morgan fingerprint density at radius 3 is 2.50 bits per heavy atom. The zero-order chi connectivity index (χ0) is 24.5. The molecule has 0 radical (unpaired) electrons. The van der Waals surface area contributed by atoms with Gasteiger partial charge in [-0.3, -0.25) is 4.79 Å². The minimum Gasteiger partial charge on any atom is -0.334 e. The smallest absolute Gasteiger partial charge is 0.273 e. The third-order valence-electron chi connectivity index (χ3n) is 6.51. The van der Waals surface area contributed by atoms with E-state index in [-0.39, 0.29) is 22.8 Å². The van der Waals surface area contributed by atoms with Gasteiger partial charge in [-0.05, 0) is 49.9 Å². The zero-order valence-corrected chi connectivity index (χ0v) is 21.8. The number of amides is 1. The van der Waals surface area contributed by atoms with E-state index < -0.39 is 10.0 Å². The number of sulfonamides is 1. The lowest BCUT2D eigenvalue weighted by Gasteiger charge is -2.30. The van der Waals surface area contributed by atoms with E-state index in [1.165, 1.54) is 21.7 Å². The number of benzene rings is 2. The first-order chi connectivity index (χ1) is 16.2. The maximum Gasteiger partial charge on any atom is 0.273 e. The summed E-state index contributed by atoms with van der Waals surface area (Å²) >= 11 is 7.62. The van der Waals surface area contributed by atoms with Gasteiger partial charge in [0.25, 0.3) is 5.91 Å². The molecule has 2 aromatic carbocycles. The molecule has 6 nitrogen and oxygen atoms in total. The molecule has 34 heavy (non-hydrogen) atoms. The molecule has 0 N–H and O–H groups in total. The van der Waals surface area contributed by atoms with Crippen molar-refractivity contribution < 1.29 is 13.2 Å². The van der Waals surface area contributed by atoms with Crippen LogP contribution in [0.15, 0.2) is 58.8 Å². The van der Waals surface area contributed by atoms with Crippen molar-refractivity contribution in [2.24, 2.45) is 0 Å². The Labute approximate surface area is 210 Å². The van der Waals surface area contributed by atoms with Crippen LogP contribution in [0.2, 0.25) is 5.02 Å². The average molecular weight is 518 g/mol. The molecule has 1 saturated heterocycles. The highest BCUT2D eigenvalue weighted by molar-refractivity contribution is 7.89. The maximum absolute atomic E-state index is 13.0. The Morgan fingerprint density at radius 2 is 1.85 bits per heavy atom. The summed E-state index contributed by atoms with van der Waals surface area (Å²) in [6.45, 7) is 4.66. The highest BCUT2D eigenvalue weighted by atomic mass is 35.5. The van der Waals surface area contributed by atoms with Gasteiger partial charge in [-0.15, -0.1) is 11.3 Å². The fourth-order valence-corrected chi connectivity index (χ4v) is 6.82. The molecule has 1 unspecified atom stereocenters. The molecule has 1 atom stereocenters. The molecular weight excluding hydrogens is 490 g/mol. The van der Waals surface area contributed by atoms with E-state index in [9.17, 15) is 13.2 Å². The Morgan fingerprint density at radius 1 is 1.18 bits per heavy atom. The van der Waals surface area contributed by atoms with Crippen LogP contribution in [0.4, 0.5) is 0 Å². The van der Waals surface area contributed by atoms with E-state index in [1.807, 2.05) is 49.6 Å². The predicted octanol–water partition coefficient (Wildman–Crippen LogP) is 5.51. The topological polar surface area (TPSA) is 70.6 Å². The van der Waals surface area contributed by atoms with Crippen LogP contribution >= 0.6 is 22.9 Å². The molecule has 0 spiro atoms. The molecule has 1 fully saturated rings. The van der Waals surface area contributed by atoms with E-state index in [1.54, 1.807) is 24.1 Å². The third-order valence-corrected chi connectivity index (χ3v) is 9.82. The molecule has 2 heterocycles. The molecule has 0 aliphatic carbocycles. The summed E-state index contributed by atoms with van der Waals surface area (Å²) in [5.74, 6) is 0.0200. The Bertz CT molecular complexity index is 1270. The molecule has 1 amide bonds. The minimum atomic E-state index is -3.59. The number of hydrogen-bond donors (Lipinski definition) is 0. The van der Waals surface area contributed by atoms with Crippen molar-refractivity contribution in [1.29, 1.82) is 0 Å². The number of carbonyl (C=O) groups excluding carboxylic acids is 1. The van der Waals surface area contributed by atoms with E-state index in [0.29, 0.717) is 36.6 Å². The molecule has 1 aromatic heterocycles. The highest BCUT2D eigenvalue weighted by Crippen LogP contribution is 2.33. The second-order valence-corrected chi connectivity index (χ2v) is 11.9. The number of piperidine rings is 1. The van der Waals surface area contributed by atoms with Crippen LogP contribution in [0.5, 0.6) is 0 Å². The first-order valence-corrected chi connectivity index (χ1v) is 13.9. The Hall–Kier alpha value is -2.26. The van der Waals surface area contributed by atoms with Gasteiger partial charge < -0.3 is 4.90 Å². The van der Waals surface area contributed by atoms with Crippen molar-refractivity contribution in [3.05, 3.63) is 80.8 Å². The number of aryl methyl sites for hydroxylation is 1. The summed E-state index contributed by atoms with van der Waals surface area (Å²) in [6, 6.07) is 14.7. The average Bonchev–Trinajstić information content (AvgIpc) is 3.35.